The van der Waals surface area contributed by atoms with Crippen LogP contribution in [0.4, 0.5) is 5.69 Å². The number of rotatable bonds is 4. The second-order valence-electron chi connectivity index (χ2n) is 6.91. The fourth-order valence-electron chi connectivity index (χ4n) is 3.51. The van der Waals surface area contributed by atoms with Crippen LogP contribution in [0.15, 0.2) is 28.5 Å². The summed E-state index contributed by atoms with van der Waals surface area (Å²) in [5.74, 6) is -0.593. The highest BCUT2D eigenvalue weighted by atomic mass is 32.2. The molecule has 2 aromatic rings. The van der Waals surface area contributed by atoms with Gasteiger partial charge in [-0.05, 0) is 44.9 Å². The van der Waals surface area contributed by atoms with E-state index in [1.54, 1.807) is 29.3 Å². The molecule has 7 nitrogen and oxygen atoms in total. The summed E-state index contributed by atoms with van der Waals surface area (Å²) in [6.45, 7) is 4.54. The van der Waals surface area contributed by atoms with Gasteiger partial charge in [-0.25, -0.2) is 9.78 Å². The van der Waals surface area contributed by atoms with Gasteiger partial charge in [0.1, 0.15) is 5.01 Å². The van der Waals surface area contributed by atoms with Crippen LogP contribution in [0.2, 0.25) is 0 Å². The molecule has 2 amide bonds. The summed E-state index contributed by atoms with van der Waals surface area (Å²) < 4.78 is 5.00. The third-order valence-corrected chi connectivity index (χ3v) is 7.09. The van der Waals surface area contributed by atoms with Crippen molar-refractivity contribution in [1.29, 1.82) is 0 Å². The van der Waals surface area contributed by atoms with Gasteiger partial charge in [0.25, 0.3) is 5.91 Å². The van der Waals surface area contributed by atoms with E-state index in [0.717, 1.165) is 22.7 Å². The molecule has 0 bridgehead atoms. The number of amides is 2. The summed E-state index contributed by atoms with van der Waals surface area (Å²) in [5.41, 5.74) is 1.50. The number of hydrogen-bond donors (Lipinski definition) is 1. The maximum atomic E-state index is 13.2. The maximum absolute atomic E-state index is 13.2. The molecule has 152 valence electrons. The number of nitrogens with zero attached hydrogens (tertiary/aromatic N) is 2. The number of thiazole rings is 1. The molecular weight excluding hydrogens is 410 g/mol. The maximum Gasteiger partial charge on any atom is 0.357 e. The van der Waals surface area contributed by atoms with E-state index in [-0.39, 0.29) is 28.8 Å². The highest BCUT2D eigenvalue weighted by Crippen LogP contribution is 2.38. The van der Waals surface area contributed by atoms with Crippen molar-refractivity contribution in [2.24, 2.45) is 0 Å². The summed E-state index contributed by atoms with van der Waals surface area (Å²) in [5, 5.41) is 5.15. The smallest absolute Gasteiger partial charge is 0.357 e. The first-order chi connectivity index (χ1) is 14.0. The van der Waals surface area contributed by atoms with E-state index in [9.17, 15) is 14.4 Å². The molecule has 4 rings (SSSR count). The normalized spacial score (nSPS) is 20.9. The number of thioether (sulfide) groups is 1. The predicted molar refractivity (Wildman–Crippen MR) is 111 cm³/mol. The first-order valence-electron chi connectivity index (χ1n) is 9.53. The molecule has 0 radical (unpaired) electrons. The largest absolute Gasteiger partial charge is 0.461 e. The Morgan fingerprint density at radius 2 is 2.21 bits per heavy atom. The van der Waals surface area contributed by atoms with Crippen molar-refractivity contribution in [3.8, 4) is 0 Å². The molecule has 0 spiro atoms. The molecule has 2 unspecified atom stereocenters. The fraction of sp³-hybridized carbons (Fsp3) is 0.400. The van der Waals surface area contributed by atoms with Crippen molar-refractivity contribution in [1.82, 2.24) is 9.88 Å². The van der Waals surface area contributed by atoms with Gasteiger partial charge >= 0.3 is 5.97 Å². The predicted octanol–water partition coefficient (Wildman–Crippen LogP) is 3.73. The Bertz CT molecular complexity index is 974. The number of anilines is 1. The van der Waals surface area contributed by atoms with E-state index >= 15 is 0 Å². The fourth-order valence-corrected chi connectivity index (χ4v) is 5.38. The number of benzene rings is 1. The molecule has 2 aliphatic heterocycles. The van der Waals surface area contributed by atoms with E-state index < -0.39 is 5.97 Å². The highest BCUT2D eigenvalue weighted by Gasteiger charge is 2.34. The first kappa shape index (κ1) is 19.9. The third kappa shape index (κ3) is 3.89. The number of fused-ring (bicyclic) bond motifs is 1. The molecule has 1 saturated heterocycles. The highest BCUT2D eigenvalue weighted by molar-refractivity contribution is 8.00. The van der Waals surface area contributed by atoms with Gasteiger partial charge in [-0.1, -0.05) is 0 Å². The summed E-state index contributed by atoms with van der Waals surface area (Å²) in [7, 11) is 0. The topological polar surface area (TPSA) is 88.6 Å². The lowest BCUT2D eigenvalue weighted by molar-refractivity contribution is -0.115. The lowest BCUT2D eigenvalue weighted by Gasteiger charge is -2.25. The average molecular weight is 432 g/mol. The van der Waals surface area contributed by atoms with Crippen molar-refractivity contribution in [2.45, 2.75) is 42.9 Å². The van der Waals surface area contributed by atoms with Crippen molar-refractivity contribution in [2.75, 3.05) is 18.5 Å². The van der Waals surface area contributed by atoms with Gasteiger partial charge in [-0.3, -0.25) is 9.59 Å². The summed E-state index contributed by atoms with van der Waals surface area (Å²) in [4.78, 5) is 44.2. The minimum absolute atomic E-state index is 0.0552. The van der Waals surface area contributed by atoms with Gasteiger partial charge in [0.15, 0.2) is 5.69 Å². The molecule has 29 heavy (non-hydrogen) atoms. The average Bonchev–Trinajstić information content (AvgIpc) is 3.37. The molecule has 1 fully saturated rings. The van der Waals surface area contributed by atoms with Crippen LogP contribution in [0.3, 0.4) is 0 Å². The van der Waals surface area contributed by atoms with Crippen molar-refractivity contribution >= 4 is 46.6 Å². The van der Waals surface area contributed by atoms with Gasteiger partial charge in [-0.2, -0.15) is 0 Å². The lowest BCUT2D eigenvalue weighted by Crippen LogP contribution is -2.31. The Labute approximate surface area is 176 Å². The van der Waals surface area contributed by atoms with Gasteiger partial charge in [0.2, 0.25) is 5.91 Å². The van der Waals surface area contributed by atoms with E-state index in [2.05, 4.69) is 10.3 Å². The number of ether oxygens (including phenoxy) is 1. The Morgan fingerprint density at radius 1 is 1.38 bits per heavy atom. The molecule has 0 saturated carbocycles. The zero-order chi connectivity index (χ0) is 20.5. The van der Waals surface area contributed by atoms with Gasteiger partial charge < -0.3 is 15.0 Å². The van der Waals surface area contributed by atoms with Crippen LogP contribution >= 0.6 is 23.1 Å². The van der Waals surface area contributed by atoms with Crippen LogP contribution in [0.25, 0.3) is 0 Å². The quantitative estimate of drug-likeness (QED) is 0.742. The van der Waals surface area contributed by atoms with Crippen LogP contribution in [0, 0.1) is 0 Å². The van der Waals surface area contributed by atoms with Gasteiger partial charge in [0.05, 0.1) is 23.6 Å². The number of carbonyl (C=O) groups excluding carboxylic acids is 3. The second-order valence-corrected chi connectivity index (χ2v) is 9.18. The molecule has 3 heterocycles. The van der Waals surface area contributed by atoms with Gasteiger partial charge in [0, 0.05) is 22.4 Å². The zero-order valence-corrected chi connectivity index (χ0v) is 17.8. The van der Waals surface area contributed by atoms with Crippen molar-refractivity contribution in [3.05, 3.63) is 39.8 Å². The first-order valence-corrected chi connectivity index (χ1v) is 11.3. The molecular formula is C20H21N3O4S2. The van der Waals surface area contributed by atoms with Gasteiger partial charge in [-0.15, -0.1) is 23.1 Å². The molecule has 2 aliphatic rings. The number of aromatic nitrogens is 1. The van der Waals surface area contributed by atoms with Crippen LogP contribution in [-0.4, -0.2) is 46.1 Å². The summed E-state index contributed by atoms with van der Waals surface area (Å²) in [6.07, 6.45) is 1.68. The molecule has 2 atom stereocenters. The number of hydrogen-bond acceptors (Lipinski definition) is 7. The zero-order valence-electron chi connectivity index (χ0n) is 16.1. The summed E-state index contributed by atoms with van der Waals surface area (Å²) in [6, 6.07) is 5.28. The van der Waals surface area contributed by atoms with E-state index in [0.29, 0.717) is 24.4 Å². The van der Waals surface area contributed by atoms with E-state index in [1.165, 1.54) is 23.1 Å². The van der Waals surface area contributed by atoms with Crippen LogP contribution in [-0.2, 0) is 9.53 Å². The molecule has 0 aliphatic carbocycles. The standard InChI is InChI=1S/C20H21N3O4S2/c1-3-27-20(26)14-10-28-18(22-14)15-5-4-8-23(15)19(25)12-6-7-16-13(9-12)21-17(24)11(2)29-16/h6-7,9-11,15H,3-5,8H2,1-2H3,(H,21,24). The minimum Gasteiger partial charge on any atom is -0.461 e. The molecule has 1 aromatic heterocycles. The number of nitrogens with one attached hydrogen (secondary N) is 1. The Morgan fingerprint density at radius 3 is 3.00 bits per heavy atom. The SMILES string of the molecule is CCOC(=O)c1csc(C2CCCN2C(=O)c2ccc3c(c2)NC(=O)C(C)S3)n1. The van der Waals surface area contributed by atoms with Crippen molar-refractivity contribution in [3.63, 3.8) is 0 Å². The van der Waals surface area contributed by atoms with E-state index in [4.69, 9.17) is 4.74 Å². The van der Waals surface area contributed by atoms with Crippen molar-refractivity contribution < 1.29 is 19.1 Å². The molecule has 1 N–H and O–H groups in total. The monoisotopic (exact) mass is 431 g/mol. The molecule has 9 heteroatoms. The number of carbonyl (C=O) groups is 3. The van der Waals surface area contributed by atoms with Crippen LogP contribution in [0.1, 0.15) is 58.6 Å². The number of esters is 1. The second kappa shape index (κ2) is 8.16. The Hall–Kier alpha value is -2.39. The number of likely N-dealkylation sites (tertiary alicyclic amines) is 1. The van der Waals surface area contributed by atoms with Crippen LogP contribution < -0.4 is 5.32 Å². The third-order valence-electron chi connectivity index (χ3n) is 4.96. The lowest BCUT2D eigenvalue weighted by atomic mass is 10.1. The Balaban J connectivity index is 1.55. The van der Waals surface area contributed by atoms with Crippen LogP contribution in [0.5, 0.6) is 0 Å². The minimum atomic E-state index is -0.442. The van der Waals surface area contributed by atoms with E-state index in [1.807, 2.05) is 13.0 Å². The molecule has 1 aromatic carbocycles. The Kier molecular flexibility index (Phi) is 5.60. The summed E-state index contributed by atoms with van der Waals surface area (Å²) >= 11 is 2.86.